The summed E-state index contributed by atoms with van der Waals surface area (Å²) in [4.78, 5) is 14.8. The third-order valence-electron chi connectivity index (χ3n) is 3.58. The second-order valence-electron chi connectivity index (χ2n) is 5.15. The van der Waals surface area contributed by atoms with Crippen molar-refractivity contribution in [1.29, 1.82) is 0 Å². The molecule has 0 aliphatic carbocycles. The number of imidazole rings is 1. The molecule has 10 heteroatoms. The number of nitrogens with zero attached hydrogens (tertiary/aromatic N) is 3. The Balaban J connectivity index is 2.07. The zero-order valence-electron chi connectivity index (χ0n) is 12.2. The fourth-order valence-corrected chi connectivity index (χ4v) is 4.06. The first-order valence-electron chi connectivity index (χ1n) is 6.96. The summed E-state index contributed by atoms with van der Waals surface area (Å²) in [5, 5.41) is 8.83. The summed E-state index contributed by atoms with van der Waals surface area (Å²) in [6.45, 7) is 1.15. The molecule has 0 unspecified atom stereocenters. The van der Waals surface area contributed by atoms with E-state index in [0.717, 1.165) is 3.97 Å². The van der Waals surface area contributed by atoms with Gasteiger partial charge in [-0.05, 0) is 17.7 Å². The van der Waals surface area contributed by atoms with Crippen molar-refractivity contribution in [3.05, 3.63) is 23.8 Å². The number of carboxylic acid groups (broad SMARTS) is 1. The molecule has 0 spiro atoms. The number of rotatable bonds is 4. The standard InChI is InChI=1S/C13H16N4O5S/c14-13-15-10-7-9(8-12(18)19)1-2-11(10)17(13)23(20,21)16-3-5-22-6-4-16/h1-2,7H,3-6,8H2,(H2,14,15)(H,18,19). The van der Waals surface area contributed by atoms with Crippen LogP contribution in [0, 0.1) is 0 Å². The van der Waals surface area contributed by atoms with Crippen LogP contribution in [-0.4, -0.2) is 59.1 Å². The number of hydrogen-bond donors (Lipinski definition) is 2. The zero-order chi connectivity index (χ0) is 16.6. The van der Waals surface area contributed by atoms with E-state index in [4.69, 9.17) is 15.6 Å². The van der Waals surface area contributed by atoms with Gasteiger partial charge < -0.3 is 15.6 Å². The van der Waals surface area contributed by atoms with Crippen LogP contribution in [-0.2, 0) is 26.2 Å². The Bertz CT molecular complexity index is 855. The predicted octanol–water partition coefficient (Wildman–Crippen LogP) is -0.329. The number of nitrogens with two attached hydrogens (primary N) is 1. The highest BCUT2D eigenvalue weighted by Crippen LogP contribution is 2.23. The number of aromatic nitrogens is 2. The Labute approximate surface area is 132 Å². The Hall–Kier alpha value is -2.17. The fourth-order valence-electron chi connectivity index (χ4n) is 2.54. The van der Waals surface area contributed by atoms with Gasteiger partial charge >= 0.3 is 16.2 Å². The molecule has 124 valence electrons. The van der Waals surface area contributed by atoms with Crippen molar-refractivity contribution in [2.45, 2.75) is 6.42 Å². The van der Waals surface area contributed by atoms with Crippen molar-refractivity contribution in [1.82, 2.24) is 13.3 Å². The molecular weight excluding hydrogens is 324 g/mol. The topological polar surface area (TPSA) is 128 Å². The lowest BCUT2D eigenvalue weighted by molar-refractivity contribution is -0.136. The first-order chi connectivity index (χ1) is 10.9. The number of carbonyl (C=O) groups is 1. The first kappa shape index (κ1) is 15.7. The molecule has 1 aromatic carbocycles. The van der Waals surface area contributed by atoms with Gasteiger partial charge in [0.15, 0.2) is 0 Å². The number of hydrogen-bond acceptors (Lipinski definition) is 6. The monoisotopic (exact) mass is 340 g/mol. The summed E-state index contributed by atoms with van der Waals surface area (Å²) in [7, 11) is -3.85. The normalized spacial score (nSPS) is 16.7. The summed E-state index contributed by atoms with van der Waals surface area (Å²) in [6.07, 6.45) is -0.168. The highest BCUT2D eigenvalue weighted by Gasteiger charge is 2.29. The smallest absolute Gasteiger partial charge is 0.311 e. The molecule has 1 aliphatic heterocycles. The molecule has 2 heterocycles. The molecule has 0 bridgehead atoms. The molecule has 1 saturated heterocycles. The van der Waals surface area contributed by atoms with E-state index in [9.17, 15) is 13.2 Å². The van der Waals surface area contributed by atoms with Crippen LogP contribution in [0.25, 0.3) is 11.0 Å². The van der Waals surface area contributed by atoms with Gasteiger partial charge in [0, 0.05) is 13.1 Å². The average Bonchev–Trinajstić information content (AvgIpc) is 2.83. The van der Waals surface area contributed by atoms with E-state index < -0.39 is 16.2 Å². The summed E-state index contributed by atoms with van der Waals surface area (Å²) < 4.78 is 33.0. The van der Waals surface area contributed by atoms with Crippen LogP contribution in [0.5, 0.6) is 0 Å². The molecule has 0 atom stereocenters. The maximum atomic E-state index is 12.8. The Kier molecular flexibility index (Phi) is 3.96. The summed E-state index contributed by atoms with van der Waals surface area (Å²) in [5.41, 5.74) is 6.99. The van der Waals surface area contributed by atoms with Gasteiger partial charge in [-0.25, -0.2) is 4.98 Å². The van der Waals surface area contributed by atoms with Crippen LogP contribution < -0.4 is 5.73 Å². The Morgan fingerprint density at radius 1 is 1.35 bits per heavy atom. The second kappa shape index (κ2) is 5.80. The maximum Gasteiger partial charge on any atom is 0.311 e. The van der Waals surface area contributed by atoms with E-state index in [1.54, 1.807) is 6.07 Å². The molecule has 1 aliphatic rings. The van der Waals surface area contributed by atoms with Gasteiger partial charge in [0.25, 0.3) is 0 Å². The molecule has 2 aromatic rings. The average molecular weight is 340 g/mol. The molecular formula is C13H16N4O5S. The molecule has 3 rings (SSSR count). The van der Waals surface area contributed by atoms with Gasteiger partial charge in [-0.1, -0.05) is 6.07 Å². The van der Waals surface area contributed by atoms with Gasteiger partial charge in [0.2, 0.25) is 5.95 Å². The van der Waals surface area contributed by atoms with Crippen molar-refractivity contribution in [2.75, 3.05) is 32.0 Å². The number of morpholine rings is 1. The number of nitrogen functional groups attached to an aromatic ring is 1. The van der Waals surface area contributed by atoms with Gasteiger partial charge in [0.1, 0.15) is 0 Å². The van der Waals surface area contributed by atoms with Gasteiger partial charge in [-0.3, -0.25) is 4.79 Å². The second-order valence-corrected chi connectivity index (χ2v) is 6.92. The lowest BCUT2D eigenvalue weighted by atomic mass is 10.1. The number of anilines is 1. The van der Waals surface area contributed by atoms with Crippen LogP contribution in [0.4, 0.5) is 5.95 Å². The molecule has 3 N–H and O–H groups in total. The lowest BCUT2D eigenvalue weighted by Gasteiger charge is -2.26. The van der Waals surface area contributed by atoms with Crippen molar-refractivity contribution < 1.29 is 23.1 Å². The molecule has 0 amide bonds. The summed E-state index contributed by atoms with van der Waals surface area (Å²) in [6, 6.07) is 4.61. The predicted molar refractivity (Wildman–Crippen MR) is 82.2 cm³/mol. The van der Waals surface area contributed by atoms with Gasteiger partial charge in [-0.2, -0.15) is 16.7 Å². The quantitative estimate of drug-likeness (QED) is 0.780. The van der Waals surface area contributed by atoms with E-state index in [1.807, 2.05) is 0 Å². The van der Waals surface area contributed by atoms with E-state index >= 15 is 0 Å². The lowest BCUT2D eigenvalue weighted by Crippen LogP contribution is -2.43. The SMILES string of the molecule is Nc1nc2cc(CC(=O)O)ccc2n1S(=O)(=O)N1CCOCC1. The maximum absolute atomic E-state index is 12.8. The van der Waals surface area contributed by atoms with Gasteiger partial charge in [0.05, 0.1) is 30.7 Å². The Morgan fingerprint density at radius 2 is 2.04 bits per heavy atom. The number of carboxylic acids is 1. The minimum absolute atomic E-state index is 0.154. The fraction of sp³-hybridized carbons (Fsp3) is 0.385. The Morgan fingerprint density at radius 3 is 2.70 bits per heavy atom. The van der Waals surface area contributed by atoms with E-state index in [-0.39, 0.29) is 25.5 Å². The van der Waals surface area contributed by atoms with Crippen LogP contribution in [0.3, 0.4) is 0 Å². The number of benzene rings is 1. The van der Waals surface area contributed by atoms with Crippen molar-refractivity contribution in [3.8, 4) is 0 Å². The molecule has 1 aromatic heterocycles. The molecule has 0 radical (unpaired) electrons. The molecule has 1 fully saturated rings. The summed E-state index contributed by atoms with van der Waals surface area (Å²) in [5.74, 6) is -1.13. The van der Waals surface area contributed by atoms with Crippen molar-refractivity contribution in [2.24, 2.45) is 0 Å². The highest BCUT2D eigenvalue weighted by atomic mass is 32.2. The van der Waals surface area contributed by atoms with Crippen molar-refractivity contribution >= 4 is 33.2 Å². The van der Waals surface area contributed by atoms with Crippen LogP contribution >= 0.6 is 0 Å². The third kappa shape index (κ3) is 2.87. The minimum Gasteiger partial charge on any atom is -0.481 e. The minimum atomic E-state index is -3.85. The number of aliphatic carboxylic acids is 1. The first-order valence-corrected chi connectivity index (χ1v) is 8.36. The molecule has 23 heavy (non-hydrogen) atoms. The number of fused-ring (bicyclic) bond motifs is 1. The van der Waals surface area contributed by atoms with Crippen molar-refractivity contribution in [3.63, 3.8) is 0 Å². The van der Waals surface area contributed by atoms with Crippen LogP contribution in [0.15, 0.2) is 18.2 Å². The van der Waals surface area contributed by atoms with Gasteiger partial charge in [-0.15, -0.1) is 0 Å². The van der Waals surface area contributed by atoms with E-state index in [2.05, 4.69) is 4.98 Å². The third-order valence-corrected chi connectivity index (χ3v) is 5.45. The van der Waals surface area contributed by atoms with E-state index in [1.165, 1.54) is 16.4 Å². The van der Waals surface area contributed by atoms with E-state index in [0.29, 0.717) is 29.8 Å². The molecule has 0 saturated carbocycles. The number of ether oxygens (including phenoxy) is 1. The van der Waals surface area contributed by atoms with Crippen LogP contribution in [0.1, 0.15) is 5.56 Å². The van der Waals surface area contributed by atoms with Crippen LogP contribution in [0.2, 0.25) is 0 Å². The molecule has 9 nitrogen and oxygen atoms in total. The summed E-state index contributed by atoms with van der Waals surface area (Å²) >= 11 is 0. The largest absolute Gasteiger partial charge is 0.481 e. The highest BCUT2D eigenvalue weighted by molar-refractivity contribution is 7.87. The zero-order valence-corrected chi connectivity index (χ0v) is 13.0.